The molecule has 2 aromatic rings. The number of fused-ring (bicyclic) bond motifs is 1. The Morgan fingerprint density at radius 1 is 1.35 bits per heavy atom. The van der Waals surface area contributed by atoms with Crippen LogP contribution in [-0.4, -0.2) is 32.1 Å². The summed E-state index contributed by atoms with van der Waals surface area (Å²) in [6.07, 6.45) is 0. The van der Waals surface area contributed by atoms with E-state index in [2.05, 4.69) is 10.2 Å². The summed E-state index contributed by atoms with van der Waals surface area (Å²) in [5.74, 6) is 1.60. The third kappa shape index (κ3) is 2.03. The maximum absolute atomic E-state index is 12.4. The zero-order valence-electron chi connectivity index (χ0n) is 11.1. The lowest BCUT2D eigenvalue weighted by molar-refractivity contribution is 0.0706. The van der Waals surface area contributed by atoms with Crippen molar-refractivity contribution in [2.24, 2.45) is 0 Å². The third-order valence-electron chi connectivity index (χ3n) is 3.46. The smallest absolute Gasteiger partial charge is 0.254 e. The maximum atomic E-state index is 12.4. The van der Waals surface area contributed by atoms with Gasteiger partial charge in [0.15, 0.2) is 5.82 Å². The van der Waals surface area contributed by atoms with Crippen molar-refractivity contribution < 1.29 is 4.79 Å². The van der Waals surface area contributed by atoms with Crippen LogP contribution in [0.3, 0.4) is 0 Å². The number of amides is 1. The van der Waals surface area contributed by atoms with E-state index in [0.29, 0.717) is 30.8 Å². The molecule has 0 aliphatic carbocycles. The molecule has 6 heteroatoms. The number of nitriles is 1. The molecule has 0 spiro atoms. The highest BCUT2D eigenvalue weighted by Gasteiger charge is 2.24. The highest BCUT2D eigenvalue weighted by Crippen LogP contribution is 2.15. The van der Waals surface area contributed by atoms with Crippen LogP contribution in [0.5, 0.6) is 0 Å². The van der Waals surface area contributed by atoms with Gasteiger partial charge in [0.25, 0.3) is 5.91 Å². The summed E-state index contributed by atoms with van der Waals surface area (Å²) >= 11 is 0. The number of nitrogens with zero attached hydrogens (tertiary/aromatic N) is 5. The van der Waals surface area contributed by atoms with Gasteiger partial charge in [0.2, 0.25) is 0 Å². The van der Waals surface area contributed by atoms with E-state index in [-0.39, 0.29) is 5.91 Å². The van der Waals surface area contributed by atoms with E-state index in [0.717, 1.165) is 11.6 Å². The second-order valence-corrected chi connectivity index (χ2v) is 4.73. The SMILES string of the molecule is Cc1nnc2n1CCN(C(=O)c1cccc(C#N)c1)C2. The molecule has 0 saturated heterocycles. The van der Waals surface area contributed by atoms with E-state index in [1.165, 1.54) is 0 Å². The Kier molecular flexibility index (Phi) is 2.95. The van der Waals surface area contributed by atoms with Crippen LogP contribution in [0.25, 0.3) is 0 Å². The molecule has 1 aromatic carbocycles. The molecule has 0 N–H and O–H groups in total. The lowest BCUT2D eigenvalue weighted by atomic mass is 10.1. The molecule has 20 heavy (non-hydrogen) atoms. The monoisotopic (exact) mass is 267 g/mol. The first kappa shape index (κ1) is 12.4. The quantitative estimate of drug-likeness (QED) is 0.775. The van der Waals surface area contributed by atoms with Crippen LogP contribution in [0, 0.1) is 18.3 Å². The van der Waals surface area contributed by atoms with Gasteiger partial charge in [-0.3, -0.25) is 4.79 Å². The summed E-state index contributed by atoms with van der Waals surface area (Å²) in [6, 6.07) is 8.81. The Morgan fingerprint density at radius 2 is 2.20 bits per heavy atom. The van der Waals surface area contributed by atoms with Crippen molar-refractivity contribution in [2.75, 3.05) is 6.54 Å². The molecule has 0 bridgehead atoms. The summed E-state index contributed by atoms with van der Waals surface area (Å²) in [6.45, 7) is 3.69. The molecule has 1 amide bonds. The number of aromatic nitrogens is 3. The Morgan fingerprint density at radius 3 is 3.00 bits per heavy atom. The minimum Gasteiger partial charge on any atom is -0.329 e. The van der Waals surface area contributed by atoms with Crippen LogP contribution in [0.2, 0.25) is 0 Å². The number of carbonyl (C=O) groups excluding carboxylic acids is 1. The maximum Gasteiger partial charge on any atom is 0.254 e. The van der Waals surface area contributed by atoms with Crippen molar-refractivity contribution >= 4 is 5.91 Å². The van der Waals surface area contributed by atoms with Crippen molar-refractivity contribution in [3.63, 3.8) is 0 Å². The fraction of sp³-hybridized carbons (Fsp3) is 0.286. The fourth-order valence-corrected chi connectivity index (χ4v) is 2.38. The van der Waals surface area contributed by atoms with Crippen LogP contribution >= 0.6 is 0 Å². The van der Waals surface area contributed by atoms with Gasteiger partial charge < -0.3 is 9.47 Å². The van der Waals surface area contributed by atoms with E-state index >= 15 is 0 Å². The standard InChI is InChI=1S/C14H13N5O/c1-10-16-17-13-9-18(5-6-19(10)13)14(20)12-4-2-3-11(7-12)8-15/h2-4,7H,5-6,9H2,1H3. The minimum absolute atomic E-state index is 0.0750. The lowest BCUT2D eigenvalue weighted by Crippen LogP contribution is -2.38. The lowest BCUT2D eigenvalue weighted by Gasteiger charge is -2.27. The Balaban J connectivity index is 1.84. The van der Waals surface area contributed by atoms with Crippen molar-refractivity contribution in [1.29, 1.82) is 5.26 Å². The zero-order chi connectivity index (χ0) is 14.1. The number of aryl methyl sites for hydroxylation is 1. The van der Waals surface area contributed by atoms with Gasteiger partial charge in [-0.1, -0.05) is 6.07 Å². The van der Waals surface area contributed by atoms with Gasteiger partial charge in [-0.15, -0.1) is 10.2 Å². The minimum atomic E-state index is -0.0750. The molecule has 1 aromatic heterocycles. The van der Waals surface area contributed by atoms with Crippen molar-refractivity contribution in [2.45, 2.75) is 20.0 Å². The topological polar surface area (TPSA) is 74.8 Å². The first-order valence-corrected chi connectivity index (χ1v) is 6.37. The number of hydrogen-bond acceptors (Lipinski definition) is 4. The van der Waals surface area contributed by atoms with Crippen molar-refractivity contribution in [3.05, 3.63) is 47.0 Å². The predicted molar refractivity (Wildman–Crippen MR) is 70.7 cm³/mol. The number of benzene rings is 1. The van der Waals surface area contributed by atoms with E-state index < -0.39 is 0 Å². The van der Waals surface area contributed by atoms with Crippen LogP contribution < -0.4 is 0 Å². The van der Waals surface area contributed by atoms with E-state index in [1.54, 1.807) is 29.2 Å². The molecule has 3 rings (SSSR count). The predicted octanol–water partition coefficient (Wildman–Crippen LogP) is 1.11. The number of carbonyl (C=O) groups is 1. The Labute approximate surface area is 116 Å². The molecule has 0 saturated carbocycles. The third-order valence-corrected chi connectivity index (χ3v) is 3.46. The highest BCUT2D eigenvalue weighted by atomic mass is 16.2. The van der Waals surface area contributed by atoms with Gasteiger partial charge >= 0.3 is 0 Å². The number of rotatable bonds is 1. The van der Waals surface area contributed by atoms with Gasteiger partial charge in [-0.25, -0.2) is 0 Å². The molecule has 0 unspecified atom stereocenters. The second-order valence-electron chi connectivity index (χ2n) is 4.73. The zero-order valence-corrected chi connectivity index (χ0v) is 11.1. The molecular formula is C14H13N5O. The van der Waals surface area contributed by atoms with E-state index in [9.17, 15) is 4.79 Å². The molecule has 1 aliphatic rings. The van der Waals surface area contributed by atoms with Gasteiger partial charge in [0, 0.05) is 18.7 Å². The first-order chi connectivity index (χ1) is 9.69. The van der Waals surface area contributed by atoms with Gasteiger partial charge in [0.05, 0.1) is 18.2 Å². The fourth-order valence-electron chi connectivity index (χ4n) is 2.38. The molecule has 1 aliphatic heterocycles. The highest BCUT2D eigenvalue weighted by molar-refractivity contribution is 5.94. The van der Waals surface area contributed by atoms with Gasteiger partial charge in [-0.2, -0.15) is 5.26 Å². The normalized spacial score (nSPS) is 13.7. The second kappa shape index (κ2) is 4.78. The van der Waals surface area contributed by atoms with Crippen molar-refractivity contribution in [1.82, 2.24) is 19.7 Å². The molecule has 6 nitrogen and oxygen atoms in total. The van der Waals surface area contributed by atoms with Crippen molar-refractivity contribution in [3.8, 4) is 6.07 Å². The van der Waals surface area contributed by atoms with Gasteiger partial charge in [-0.05, 0) is 25.1 Å². The summed E-state index contributed by atoms with van der Waals surface area (Å²) in [4.78, 5) is 14.2. The van der Waals surface area contributed by atoms with Crippen LogP contribution in [-0.2, 0) is 13.1 Å². The van der Waals surface area contributed by atoms with Crippen LogP contribution in [0.1, 0.15) is 27.6 Å². The van der Waals surface area contributed by atoms with Gasteiger partial charge in [0.1, 0.15) is 5.82 Å². The molecule has 100 valence electrons. The molecule has 0 radical (unpaired) electrons. The average Bonchev–Trinajstić information content (AvgIpc) is 2.87. The largest absolute Gasteiger partial charge is 0.329 e. The average molecular weight is 267 g/mol. The molecule has 2 heterocycles. The summed E-state index contributed by atoms with van der Waals surface area (Å²) in [7, 11) is 0. The van der Waals surface area contributed by atoms with Crippen LogP contribution in [0.4, 0.5) is 0 Å². The summed E-state index contributed by atoms with van der Waals surface area (Å²) in [5.41, 5.74) is 1.03. The van der Waals surface area contributed by atoms with E-state index in [1.807, 2.05) is 17.6 Å². The first-order valence-electron chi connectivity index (χ1n) is 6.37. The molecular weight excluding hydrogens is 254 g/mol. The Hall–Kier alpha value is -2.68. The Bertz CT molecular complexity index is 713. The summed E-state index contributed by atoms with van der Waals surface area (Å²) in [5, 5.41) is 17.0. The van der Waals surface area contributed by atoms with E-state index in [4.69, 9.17) is 5.26 Å². The molecule has 0 atom stereocenters. The summed E-state index contributed by atoms with van der Waals surface area (Å²) < 4.78 is 2.02. The van der Waals surface area contributed by atoms with Crippen LogP contribution in [0.15, 0.2) is 24.3 Å². The number of hydrogen-bond donors (Lipinski definition) is 0. The molecule has 0 fully saturated rings.